The van der Waals surface area contributed by atoms with Gasteiger partial charge in [0, 0.05) is 50.5 Å². The molecule has 0 unspecified atom stereocenters. The van der Waals surface area contributed by atoms with Crippen LogP contribution in [0, 0.1) is 5.82 Å². The number of hydrogen-bond donors (Lipinski definition) is 0. The summed E-state index contributed by atoms with van der Waals surface area (Å²) in [5.41, 5.74) is 3.19. The number of amides is 2. The molecule has 0 bridgehead atoms. The lowest BCUT2D eigenvalue weighted by molar-refractivity contribution is 0.0581. The van der Waals surface area contributed by atoms with Gasteiger partial charge in [-0.2, -0.15) is 0 Å². The number of halogens is 1. The molecule has 0 aliphatic carbocycles. The molecule has 0 N–H and O–H groups in total. The Morgan fingerprint density at radius 2 is 1.75 bits per heavy atom. The number of piperazine rings is 1. The van der Waals surface area contributed by atoms with Crippen LogP contribution in [0.25, 0.3) is 0 Å². The van der Waals surface area contributed by atoms with Crippen molar-refractivity contribution in [1.82, 2.24) is 9.80 Å². The summed E-state index contributed by atoms with van der Waals surface area (Å²) < 4.78 is 13.2. The third-order valence-electron chi connectivity index (χ3n) is 6.98. The first-order valence-corrected chi connectivity index (χ1v) is 11.6. The monoisotopic (exact) mass is 436 g/mol. The van der Waals surface area contributed by atoms with E-state index in [-0.39, 0.29) is 23.8 Å². The molecule has 6 nitrogen and oxygen atoms in total. The normalized spacial score (nSPS) is 20.8. The van der Waals surface area contributed by atoms with Gasteiger partial charge in [0.2, 0.25) is 0 Å². The van der Waals surface area contributed by atoms with Gasteiger partial charge in [-0.25, -0.2) is 4.39 Å². The Bertz CT molecular complexity index is 1020. The lowest BCUT2D eigenvalue weighted by Gasteiger charge is -2.47. The van der Waals surface area contributed by atoms with Crippen LogP contribution in [0.2, 0.25) is 0 Å². The maximum absolute atomic E-state index is 13.3. The number of rotatable bonds is 3. The van der Waals surface area contributed by atoms with Crippen LogP contribution >= 0.6 is 0 Å². The predicted octanol–water partition coefficient (Wildman–Crippen LogP) is 3.58. The Hall–Kier alpha value is -3.09. The molecule has 0 spiro atoms. The first kappa shape index (κ1) is 20.8. The van der Waals surface area contributed by atoms with E-state index in [1.807, 2.05) is 21.9 Å². The summed E-state index contributed by atoms with van der Waals surface area (Å²) in [5, 5.41) is 0. The molecule has 2 saturated heterocycles. The van der Waals surface area contributed by atoms with Gasteiger partial charge in [0.1, 0.15) is 12.0 Å². The molecule has 7 heteroatoms. The van der Waals surface area contributed by atoms with E-state index in [0.29, 0.717) is 37.3 Å². The highest BCUT2D eigenvalue weighted by Crippen LogP contribution is 2.36. The van der Waals surface area contributed by atoms with Gasteiger partial charge in [-0.15, -0.1) is 0 Å². The number of piperidine rings is 1. The van der Waals surface area contributed by atoms with Crippen LogP contribution in [0.15, 0.2) is 42.5 Å². The van der Waals surface area contributed by atoms with Crippen LogP contribution in [0.5, 0.6) is 0 Å². The molecule has 2 aromatic carbocycles. The fraction of sp³-hybridized carbons (Fsp3) is 0.440. The Labute approximate surface area is 188 Å². The summed E-state index contributed by atoms with van der Waals surface area (Å²) in [7, 11) is 0. The molecular weight excluding hydrogens is 407 g/mol. The van der Waals surface area contributed by atoms with E-state index in [1.165, 1.54) is 12.1 Å². The molecule has 5 rings (SSSR count). The Morgan fingerprint density at radius 3 is 2.47 bits per heavy atom. The highest BCUT2D eigenvalue weighted by atomic mass is 19.1. The number of carbonyl (C=O) groups excluding carboxylic acids is 2. The van der Waals surface area contributed by atoms with Crippen molar-refractivity contribution in [3.63, 3.8) is 0 Å². The Morgan fingerprint density at radius 1 is 1.00 bits per heavy atom. The van der Waals surface area contributed by atoms with E-state index in [0.717, 1.165) is 43.7 Å². The van der Waals surface area contributed by atoms with Crippen LogP contribution in [-0.4, -0.2) is 67.0 Å². The summed E-state index contributed by atoms with van der Waals surface area (Å²) in [4.78, 5) is 34.6. The number of carbonyl (C=O) groups is 2. The minimum absolute atomic E-state index is 0.00105. The van der Waals surface area contributed by atoms with Crippen molar-refractivity contribution in [2.75, 3.05) is 49.1 Å². The summed E-state index contributed by atoms with van der Waals surface area (Å²) in [6.45, 7) is 6.35. The fourth-order valence-electron chi connectivity index (χ4n) is 5.26. The van der Waals surface area contributed by atoms with Crippen molar-refractivity contribution in [2.45, 2.75) is 32.4 Å². The Balaban J connectivity index is 1.33. The topological polar surface area (TPSA) is 47.1 Å². The lowest BCUT2D eigenvalue weighted by Crippen LogP contribution is -2.57. The highest BCUT2D eigenvalue weighted by Gasteiger charge is 2.38. The molecule has 3 aliphatic heterocycles. The predicted molar refractivity (Wildman–Crippen MR) is 123 cm³/mol. The Kier molecular flexibility index (Phi) is 5.49. The van der Waals surface area contributed by atoms with Crippen LogP contribution < -0.4 is 9.80 Å². The zero-order valence-corrected chi connectivity index (χ0v) is 18.5. The van der Waals surface area contributed by atoms with Gasteiger partial charge >= 0.3 is 0 Å². The van der Waals surface area contributed by atoms with Gasteiger partial charge in [-0.3, -0.25) is 9.59 Å². The van der Waals surface area contributed by atoms with E-state index < -0.39 is 0 Å². The van der Waals surface area contributed by atoms with E-state index in [4.69, 9.17) is 0 Å². The number of hydrogen-bond acceptors (Lipinski definition) is 4. The molecule has 2 aromatic rings. The van der Waals surface area contributed by atoms with Gasteiger partial charge in [0.25, 0.3) is 11.8 Å². The molecule has 0 radical (unpaired) electrons. The molecular formula is C25H29FN4O2. The maximum Gasteiger partial charge on any atom is 0.257 e. The van der Waals surface area contributed by atoms with E-state index in [1.54, 1.807) is 18.2 Å². The van der Waals surface area contributed by atoms with Gasteiger partial charge < -0.3 is 19.6 Å². The SMILES string of the molecule is CCN1c2cc(C(=O)N3CCN(c4ccc(F)cc4)CC3)ccc2C(=O)N2CCCC[C@@H]21. The third kappa shape index (κ3) is 3.59. The minimum Gasteiger partial charge on any atom is -0.368 e. The van der Waals surface area contributed by atoms with Crippen molar-refractivity contribution >= 4 is 23.2 Å². The summed E-state index contributed by atoms with van der Waals surface area (Å²) >= 11 is 0. The standard InChI is InChI=1S/C25H29FN4O2/c1-2-29-22-17-18(6-11-21(22)25(32)30-12-4-3-5-23(29)30)24(31)28-15-13-27(14-16-28)20-9-7-19(26)8-10-20/h6-11,17,23H,2-5,12-16H2,1H3/t23-/m1/s1. The maximum atomic E-state index is 13.3. The van der Waals surface area contributed by atoms with Crippen molar-refractivity contribution in [2.24, 2.45) is 0 Å². The quantitative estimate of drug-likeness (QED) is 0.738. The van der Waals surface area contributed by atoms with Crippen LogP contribution in [0.1, 0.15) is 46.9 Å². The van der Waals surface area contributed by atoms with E-state index in [9.17, 15) is 14.0 Å². The number of anilines is 2. The number of benzene rings is 2. The molecule has 168 valence electrons. The summed E-state index contributed by atoms with van der Waals surface area (Å²) in [5.74, 6) is -0.159. The summed E-state index contributed by atoms with van der Waals surface area (Å²) in [6, 6.07) is 12.0. The molecule has 1 atom stereocenters. The average Bonchev–Trinajstić information content (AvgIpc) is 2.84. The smallest absolute Gasteiger partial charge is 0.257 e. The molecule has 32 heavy (non-hydrogen) atoms. The van der Waals surface area contributed by atoms with Crippen LogP contribution in [0.3, 0.4) is 0 Å². The molecule has 2 fully saturated rings. The second-order valence-corrected chi connectivity index (χ2v) is 8.75. The summed E-state index contributed by atoms with van der Waals surface area (Å²) in [6.07, 6.45) is 3.24. The third-order valence-corrected chi connectivity index (χ3v) is 6.98. The minimum atomic E-state index is -0.245. The second-order valence-electron chi connectivity index (χ2n) is 8.75. The van der Waals surface area contributed by atoms with Gasteiger partial charge in [0.15, 0.2) is 0 Å². The number of nitrogens with zero attached hydrogens (tertiary/aromatic N) is 4. The van der Waals surface area contributed by atoms with Gasteiger partial charge in [0.05, 0.1) is 11.3 Å². The van der Waals surface area contributed by atoms with Crippen molar-refractivity contribution in [3.05, 3.63) is 59.4 Å². The molecule has 3 heterocycles. The van der Waals surface area contributed by atoms with Crippen molar-refractivity contribution in [3.8, 4) is 0 Å². The highest BCUT2D eigenvalue weighted by molar-refractivity contribution is 6.04. The fourth-order valence-corrected chi connectivity index (χ4v) is 5.26. The van der Waals surface area contributed by atoms with Crippen LogP contribution in [-0.2, 0) is 0 Å². The van der Waals surface area contributed by atoms with Crippen molar-refractivity contribution in [1.29, 1.82) is 0 Å². The van der Waals surface area contributed by atoms with Crippen molar-refractivity contribution < 1.29 is 14.0 Å². The average molecular weight is 437 g/mol. The first-order chi connectivity index (χ1) is 15.6. The zero-order valence-electron chi connectivity index (χ0n) is 18.5. The second kappa shape index (κ2) is 8.45. The lowest BCUT2D eigenvalue weighted by atomic mass is 9.97. The van der Waals surface area contributed by atoms with E-state index >= 15 is 0 Å². The number of fused-ring (bicyclic) bond motifs is 2. The molecule has 2 amide bonds. The molecule has 0 saturated carbocycles. The molecule has 0 aromatic heterocycles. The largest absolute Gasteiger partial charge is 0.368 e. The zero-order chi connectivity index (χ0) is 22.2. The van der Waals surface area contributed by atoms with E-state index in [2.05, 4.69) is 16.7 Å². The van der Waals surface area contributed by atoms with Crippen LogP contribution in [0.4, 0.5) is 15.8 Å². The first-order valence-electron chi connectivity index (χ1n) is 11.6. The molecule has 3 aliphatic rings. The van der Waals surface area contributed by atoms with Gasteiger partial charge in [-0.1, -0.05) is 0 Å². The van der Waals surface area contributed by atoms with Gasteiger partial charge in [-0.05, 0) is 68.7 Å².